The third-order valence-electron chi connectivity index (χ3n) is 3.94. The minimum absolute atomic E-state index is 0.0988. The lowest BCUT2D eigenvalue weighted by Crippen LogP contribution is -3.13. The van der Waals surface area contributed by atoms with Gasteiger partial charge in [-0.25, -0.2) is 0 Å². The molecule has 1 fully saturated rings. The molecule has 0 unspecified atom stereocenters. The van der Waals surface area contributed by atoms with Gasteiger partial charge in [-0.05, 0) is 6.92 Å². The molecule has 0 aromatic heterocycles. The van der Waals surface area contributed by atoms with E-state index in [4.69, 9.17) is 5.73 Å². The smallest absolute Gasteiger partial charge is 0.220 e. The lowest BCUT2D eigenvalue weighted by atomic mass is 9.94. The van der Waals surface area contributed by atoms with Gasteiger partial charge in [-0.3, -0.25) is 4.79 Å². The number of likely N-dealkylation sites (tertiary alicyclic amines) is 1. The number of benzene rings is 1. The molecule has 0 radical (unpaired) electrons. The van der Waals surface area contributed by atoms with Crippen LogP contribution in [-0.4, -0.2) is 19.0 Å². The Morgan fingerprint density at radius 2 is 1.88 bits per heavy atom. The van der Waals surface area contributed by atoms with Crippen molar-refractivity contribution in [2.24, 2.45) is 11.7 Å². The highest BCUT2D eigenvalue weighted by atomic mass is 16.1. The van der Waals surface area contributed by atoms with Gasteiger partial charge in [-0.15, -0.1) is 0 Å². The summed E-state index contributed by atoms with van der Waals surface area (Å²) in [7, 11) is 0. The summed E-state index contributed by atoms with van der Waals surface area (Å²) in [6.07, 6.45) is 1.86. The third kappa shape index (κ3) is 2.86. The molecule has 0 aliphatic carbocycles. The molecule has 3 nitrogen and oxygen atoms in total. The molecule has 0 spiro atoms. The molecule has 1 heterocycles. The Morgan fingerprint density at radius 1 is 1.29 bits per heavy atom. The summed E-state index contributed by atoms with van der Waals surface area (Å²) in [6.45, 7) is 4.35. The van der Waals surface area contributed by atoms with Crippen LogP contribution in [-0.2, 0) is 4.79 Å². The van der Waals surface area contributed by atoms with E-state index in [-0.39, 0.29) is 11.8 Å². The molecule has 1 aromatic carbocycles. The quantitative estimate of drug-likeness (QED) is 0.786. The standard InChI is InChI=1S/C14H20N2O/c1-11(12-5-3-2-4-6-12)16-9-7-13(8-10-16)14(15)17/h2-6,11,13H,7-10H2,1H3,(H2,15,17)/p+1/t11-/m0/s1. The number of carbonyl (C=O) groups excluding carboxylic acids is 1. The van der Waals surface area contributed by atoms with E-state index in [1.807, 2.05) is 6.07 Å². The summed E-state index contributed by atoms with van der Waals surface area (Å²) in [4.78, 5) is 12.7. The number of carbonyl (C=O) groups is 1. The number of amides is 1. The van der Waals surface area contributed by atoms with Crippen molar-refractivity contribution >= 4 is 5.91 Å². The maximum absolute atomic E-state index is 11.1. The van der Waals surface area contributed by atoms with Crippen LogP contribution in [0.3, 0.4) is 0 Å². The largest absolute Gasteiger partial charge is 0.369 e. The Balaban J connectivity index is 1.95. The molecule has 0 saturated carbocycles. The first-order valence-electron chi connectivity index (χ1n) is 6.37. The molecular weight excluding hydrogens is 212 g/mol. The molecule has 3 heteroatoms. The van der Waals surface area contributed by atoms with Crippen molar-refractivity contribution in [3.63, 3.8) is 0 Å². The molecule has 17 heavy (non-hydrogen) atoms. The molecule has 1 aromatic rings. The van der Waals surface area contributed by atoms with Gasteiger partial charge < -0.3 is 10.6 Å². The fraction of sp³-hybridized carbons (Fsp3) is 0.500. The average Bonchev–Trinajstić information content (AvgIpc) is 2.39. The molecule has 1 aliphatic rings. The summed E-state index contributed by atoms with van der Waals surface area (Å²) in [5, 5.41) is 0. The third-order valence-corrected chi connectivity index (χ3v) is 3.94. The van der Waals surface area contributed by atoms with Gasteiger partial charge in [0, 0.05) is 24.3 Å². The zero-order valence-corrected chi connectivity index (χ0v) is 10.4. The second-order valence-corrected chi connectivity index (χ2v) is 4.97. The molecule has 0 bridgehead atoms. The minimum atomic E-state index is -0.128. The van der Waals surface area contributed by atoms with E-state index < -0.39 is 0 Å². The van der Waals surface area contributed by atoms with Crippen LogP contribution in [0.1, 0.15) is 31.4 Å². The number of primary amides is 1. The van der Waals surface area contributed by atoms with E-state index in [1.165, 1.54) is 5.56 Å². The Morgan fingerprint density at radius 3 is 2.41 bits per heavy atom. The van der Waals surface area contributed by atoms with Crippen LogP contribution in [0.5, 0.6) is 0 Å². The van der Waals surface area contributed by atoms with Crippen LogP contribution >= 0.6 is 0 Å². The summed E-state index contributed by atoms with van der Waals surface area (Å²) in [5.41, 5.74) is 6.73. The molecule has 1 aliphatic heterocycles. The number of piperidine rings is 1. The molecule has 3 N–H and O–H groups in total. The monoisotopic (exact) mass is 233 g/mol. The Hall–Kier alpha value is -1.35. The molecule has 1 saturated heterocycles. The van der Waals surface area contributed by atoms with Crippen molar-refractivity contribution in [1.29, 1.82) is 0 Å². The maximum Gasteiger partial charge on any atom is 0.220 e. The van der Waals surface area contributed by atoms with Crippen LogP contribution < -0.4 is 10.6 Å². The number of rotatable bonds is 3. The first-order valence-corrected chi connectivity index (χ1v) is 6.37. The van der Waals surface area contributed by atoms with Crippen molar-refractivity contribution in [2.45, 2.75) is 25.8 Å². The van der Waals surface area contributed by atoms with Crippen LogP contribution in [0.4, 0.5) is 0 Å². The minimum Gasteiger partial charge on any atom is -0.369 e. The normalized spacial score (nSPS) is 26.4. The number of hydrogen-bond donors (Lipinski definition) is 2. The first kappa shape index (κ1) is 12.1. The van der Waals surface area contributed by atoms with Crippen molar-refractivity contribution in [2.75, 3.05) is 13.1 Å². The van der Waals surface area contributed by atoms with Crippen LogP contribution in [0.2, 0.25) is 0 Å². The van der Waals surface area contributed by atoms with Crippen LogP contribution in [0.15, 0.2) is 30.3 Å². The van der Waals surface area contributed by atoms with Crippen molar-refractivity contribution in [1.82, 2.24) is 0 Å². The molecule has 1 atom stereocenters. The van der Waals surface area contributed by atoms with E-state index in [0.29, 0.717) is 6.04 Å². The Kier molecular flexibility index (Phi) is 3.79. The van der Waals surface area contributed by atoms with Gasteiger partial charge in [-0.2, -0.15) is 0 Å². The number of nitrogens with one attached hydrogen (secondary N) is 1. The second-order valence-electron chi connectivity index (χ2n) is 4.97. The number of quaternary nitrogens is 1. The van der Waals surface area contributed by atoms with Gasteiger partial charge in [0.15, 0.2) is 0 Å². The van der Waals surface area contributed by atoms with Crippen molar-refractivity contribution in [3.8, 4) is 0 Å². The summed E-state index contributed by atoms with van der Waals surface area (Å²) >= 11 is 0. The van der Waals surface area contributed by atoms with Gasteiger partial charge in [0.1, 0.15) is 6.04 Å². The van der Waals surface area contributed by atoms with E-state index in [9.17, 15) is 4.79 Å². The predicted molar refractivity (Wildman–Crippen MR) is 67.5 cm³/mol. The average molecular weight is 233 g/mol. The lowest BCUT2D eigenvalue weighted by Gasteiger charge is -2.32. The van der Waals surface area contributed by atoms with Gasteiger partial charge in [0.25, 0.3) is 0 Å². The van der Waals surface area contributed by atoms with E-state index in [0.717, 1.165) is 25.9 Å². The van der Waals surface area contributed by atoms with Crippen LogP contribution in [0, 0.1) is 5.92 Å². The highest BCUT2D eigenvalue weighted by molar-refractivity contribution is 5.76. The fourth-order valence-electron chi connectivity index (χ4n) is 2.68. The summed E-state index contributed by atoms with van der Waals surface area (Å²) < 4.78 is 0. The highest BCUT2D eigenvalue weighted by Gasteiger charge is 2.29. The Bertz CT molecular complexity index is 369. The second kappa shape index (κ2) is 5.32. The molecule has 92 valence electrons. The predicted octanol–water partition coefficient (Wildman–Crippen LogP) is 0.528. The van der Waals surface area contributed by atoms with E-state index >= 15 is 0 Å². The van der Waals surface area contributed by atoms with Gasteiger partial charge in [0.05, 0.1) is 13.1 Å². The highest BCUT2D eigenvalue weighted by Crippen LogP contribution is 2.13. The fourth-order valence-corrected chi connectivity index (χ4v) is 2.68. The van der Waals surface area contributed by atoms with E-state index in [2.05, 4.69) is 31.2 Å². The lowest BCUT2D eigenvalue weighted by molar-refractivity contribution is -0.935. The van der Waals surface area contributed by atoms with Crippen molar-refractivity contribution in [3.05, 3.63) is 35.9 Å². The molecule has 2 rings (SSSR count). The van der Waals surface area contributed by atoms with Gasteiger partial charge in [0.2, 0.25) is 5.91 Å². The molecule has 1 amide bonds. The maximum atomic E-state index is 11.1. The van der Waals surface area contributed by atoms with E-state index in [1.54, 1.807) is 4.90 Å². The summed E-state index contributed by atoms with van der Waals surface area (Å²) in [6, 6.07) is 11.1. The zero-order valence-electron chi connectivity index (χ0n) is 10.4. The van der Waals surface area contributed by atoms with Gasteiger partial charge in [-0.1, -0.05) is 30.3 Å². The zero-order chi connectivity index (χ0) is 12.3. The number of hydrogen-bond acceptors (Lipinski definition) is 1. The summed E-state index contributed by atoms with van der Waals surface area (Å²) in [5.74, 6) is -0.0295. The van der Waals surface area contributed by atoms with Gasteiger partial charge >= 0.3 is 0 Å². The Labute approximate surface area is 103 Å². The van der Waals surface area contributed by atoms with Crippen LogP contribution in [0.25, 0.3) is 0 Å². The molecular formula is C14H21N2O+. The topological polar surface area (TPSA) is 47.5 Å². The number of nitrogens with two attached hydrogens (primary N) is 1. The SMILES string of the molecule is C[C@@H](c1ccccc1)[NH+]1CCC(C(N)=O)CC1. The first-order chi connectivity index (χ1) is 8.18. The van der Waals surface area contributed by atoms with Crippen molar-refractivity contribution < 1.29 is 9.69 Å².